The normalized spacial score (nSPS) is 11.4. The topological polar surface area (TPSA) is 24.1 Å². The third kappa shape index (κ3) is 3.62. The highest BCUT2D eigenvalue weighted by atomic mass is 15.2. The first-order valence-corrected chi connectivity index (χ1v) is 8.68. The van der Waals surface area contributed by atoms with Crippen molar-refractivity contribution in [3.63, 3.8) is 0 Å². The SMILES string of the molecule is CC[NH+](CC)CC[n+]1c(Cc2ccccc2)[nH]c2ccccc21. The standard InChI is InChI=1S/C20H25N3/c1-3-22(4-2)14-15-23-19-13-9-8-12-18(19)21-20(23)16-17-10-6-5-7-11-17/h5-13H,3-4,14-16H2,1-2H3/p+2. The number of para-hydroxylation sites is 2. The zero-order chi connectivity index (χ0) is 16.1. The molecule has 0 bridgehead atoms. The van der Waals surface area contributed by atoms with Gasteiger partial charge >= 0.3 is 0 Å². The maximum Gasteiger partial charge on any atom is 0.259 e. The number of nitrogens with zero attached hydrogens (tertiary/aromatic N) is 1. The Kier molecular flexibility index (Phi) is 5.09. The summed E-state index contributed by atoms with van der Waals surface area (Å²) in [5.41, 5.74) is 3.89. The summed E-state index contributed by atoms with van der Waals surface area (Å²) in [6.07, 6.45) is 0.948. The lowest BCUT2D eigenvalue weighted by molar-refractivity contribution is -0.914. The second-order valence-corrected chi connectivity index (χ2v) is 6.11. The molecule has 2 N–H and O–H groups in total. The summed E-state index contributed by atoms with van der Waals surface area (Å²) in [7, 11) is 0. The number of benzene rings is 2. The molecule has 0 atom stereocenters. The van der Waals surface area contributed by atoms with Crippen molar-refractivity contribution in [3.05, 3.63) is 66.0 Å². The molecule has 1 aromatic heterocycles. The summed E-state index contributed by atoms with van der Waals surface area (Å²) < 4.78 is 2.47. The van der Waals surface area contributed by atoms with Crippen molar-refractivity contribution in [1.29, 1.82) is 0 Å². The minimum Gasteiger partial charge on any atom is -0.332 e. The maximum atomic E-state index is 3.63. The molecule has 23 heavy (non-hydrogen) atoms. The van der Waals surface area contributed by atoms with Gasteiger partial charge in [0.15, 0.2) is 11.0 Å². The monoisotopic (exact) mass is 309 g/mol. The minimum absolute atomic E-state index is 0.948. The van der Waals surface area contributed by atoms with Crippen molar-refractivity contribution in [3.8, 4) is 0 Å². The van der Waals surface area contributed by atoms with Crippen LogP contribution in [0.5, 0.6) is 0 Å². The van der Waals surface area contributed by atoms with E-state index in [1.165, 1.54) is 42.1 Å². The van der Waals surface area contributed by atoms with Crippen LogP contribution in [0, 0.1) is 0 Å². The molecule has 120 valence electrons. The molecule has 0 fully saturated rings. The van der Waals surface area contributed by atoms with Crippen LogP contribution in [0.15, 0.2) is 54.6 Å². The number of nitrogens with one attached hydrogen (secondary N) is 2. The molecule has 0 saturated heterocycles. The number of H-pyrrole nitrogens is 1. The van der Waals surface area contributed by atoms with Gasteiger partial charge in [0.05, 0.1) is 19.5 Å². The second kappa shape index (κ2) is 7.42. The molecule has 3 heteroatoms. The first-order valence-electron chi connectivity index (χ1n) is 8.68. The van der Waals surface area contributed by atoms with Crippen LogP contribution in [0.25, 0.3) is 11.0 Å². The number of imidazole rings is 1. The summed E-state index contributed by atoms with van der Waals surface area (Å²) in [5, 5.41) is 0. The predicted octanol–water partition coefficient (Wildman–Crippen LogP) is 1.97. The maximum absolute atomic E-state index is 3.63. The van der Waals surface area contributed by atoms with E-state index in [2.05, 4.69) is 78.0 Å². The molecule has 0 aliphatic rings. The van der Waals surface area contributed by atoms with Crippen LogP contribution in [-0.4, -0.2) is 24.6 Å². The van der Waals surface area contributed by atoms with Gasteiger partial charge in [-0.15, -0.1) is 0 Å². The summed E-state index contributed by atoms with van der Waals surface area (Å²) in [5.74, 6) is 1.30. The molecule has 0 radical (unpaired) electrons. The van der Waals surface area contributed by atoms with Gasteiger partial charge in [0.1, 0.15) is 13.1 Å². The van der Waals surface area contributed by atoms with E-state index < -0.39 is 0 Å². The number of hydrogen-bond acceptors (Lipinski definition) is 0. The highest BCUT2D eigenvalue weighted by molar-refractivity contribution is 5.71. The zero-order valence-corrected chi connectivity index (χ0v) is 14.2. The fraction of sp³-hybridized carbons (Fsp3) is 0.350. The minimum atomic E-state index is 0.948. The number of hydrogen-bond donors (Lipinski definition) is 2. The lowest BCUT2D eigenvalue weighted by atomic mass is 10.1. The summed E-state index contributed by atoms with van der Waals surface area (Å²) in [6.45, 7) is 9.14. The van der Waals surface area contributed by atoms with Crippen LogP contribution in [0.4, 0.5) is 0 Å². The molecule has 0 unspecified atom stereocenters. The van der Waals surface area contributed by atoms with Gasteiger partial charge in [0.2, 0.25) is 0 Å². The van der Waals surface area contributed by atoms with E-state index in [4.69, 9.17) is 0 Å². The van der Waals surface area contributed by atoms with E-state index >= 15 is 0 Å². The molecule has 1 heterocycles. The number of quaternary nitrogens is 1. The Balaban J connectivity index is 1.91. The zero-order valence-electron chi connectivity index (χ0n) is 14.2. The van der Waals surface area contributed by atoms with Crippen molar-refractivity contribution in [2.24, 2.45) is 0 Å². The molecule has 3 nitrogen and oxygen atoms in total. The molecule has 0 aliphatic heterocycles. The van der Waals surface area contributed by atoms with Gasteiger partial charge in [-0.2, -0.15) is 0 Å². The van der Waals surface area contributed by atoms with Gasteiger partial charge in [0.25, 0.3) is 5.82 Å². The van der Waals surface area contributed by atoms with Gasteiger partial charge in [-0.3, -0.25) is 0 Å². The first-order chi connectivity index (χ1) is 11.3. The van der Waals surface area contributed by atoms with Crippen LogP contribution in [0.1, 0.15) is 25.2 Å². The highest BCUT2D eigenvalue weighted by Gasteiger charge is 2.19. The molecular weight excluding hydrogens is 282 g/mol. The fourth-order valence-electron chi connectivity index (χ4n) is 3.24. The Morgan fingerprint density at radius 1 is 0.913 bits per heavy atom. The third-order valence-corrected chi connectivity index (χ3v) is 4.70. The fourth-order valence-corrected chi connectivity index (χ4v) is 3.24. The number of rotatable bonds is 7. The number of aromatic nitrogens is 2. The Bertz CT molecular complexity index is 742. The Hall–Kier alpha value is -2.13. The number of aromatic amines is 1. The molecule has 0 aliphatic carbocycles. The van der Waals surface area contributed by atoms with Crippen LogP contribution in [0.2, 0.25) is 0 Å². The van der Waals surface area contributed by atoms with Crippen LogP contribution in [0.3, 0.4) is 0 Å². The number of likely N-dealkylation sites (N-methyl/N-ethyl adjacent to an activating group) is 1. The van der Waals surface area contributed by atoms with Crippen LogP contribution in [-0.2, 0) is 13.0 Å². The number of fused-ring (bicyclic) bond motifs is 1. The Labute approximate surface area is 138 Å². The van der Waals surface area contributed by atoms with E-state index in [1.54, 1.807) is 4.90 Å². The van der Waals surface area contributed by atoms with Gasteiger partial charge < -0.3 is 4.90 Å². The smallest absolute Gasteiger partial charge is 0.259 e. The molecule has 2 aromatic carbocycles. The molecule has 0 amide bonds. The van der Waals surface area contributed by atoms with Gasteiger partial charge in [0, 0.05) is 0 Å². The van der Waals surface area contributed by atoms with Gasteiger partial charge in [-0.1, -0.05) is 42.5 Å². The summed E-state index contributed by atoms with van der Waals surface area (Å²) in [6, 6.07) is 19.3. The van der Waals surface area contributed by atoms with E-state index in [-0.39, 0.29) is 0 Å². The average Bonchev–Trinajstić information content (AvgIpc) is 2.94. The Morgan fingerprint density at radius 2 is 1.61 bits per heavy atom. The molecular formula is C20H27N3+2. The molecule has 3 aromatic rings. The van der Waals surface area contributed by atoms with Crippen LogP contribution >= 0.6 is 0 Å². The van der Waals surface area contributed by atoms with Crippen molar-refractivity contribution < 1.29 is 9.47 Å². The first kappa shape index (κ1) is 15.8. The summed E-state index contributed by atoms with van der Waals surface area (Å²) in [4.78, 5) is 5.27. The van der Waals surface area contributed by atoms with Gasteiger partial charge in [-0.25, -0.2) is 9.55 Å². The molecule has 0 spiro atoms. The van der Waals surface area contributed by atoms with E-state index in [9.17, 15) is 0 Å². The molecule has 0 saturated carbocycles. The van der Waals surface area contributed by atoms with Crippen molar-refractivity contribution >= 4 is 11.0 Å². The van der Waals surface area contributed by atoms with E-state index in [0.717, 1.165) is 13.0 Å². The van der Waals surface area contributed by atoms with E-state index in [0.29, 0.717) is 0 Å². The van der Waals surface area contributed by atoms with Crippen molar-refractivity contribution in [1.82, 2.24) is 4.98 Å². The van der Waals surface area contributed by atoms with E-state index in [1.807, 2.05) is 0 Å². The quantitative estimate of drug-likeness (QED) is 0.624. The predicted molar refractivity (Wildman–Crippen MR) is 94.7 cm³/mol. The highest BCUT2D eigenvalue weighted by Crippen LogP contribution is 2.12. The second-order valence-electron chi connectivity index (χ2n) is 6.11. The van der Waals surface area contributed by atoms with Crippen LogP contribution < -0.4 is 9.47 Å². The van der Waals surface area contributed by atoms with Crippen molar-refractivity contribution in [2.45, 2.75) is 26.8 Å². The average molecular weight is 309 g/mol. The van der Waals surface area contributed by atoms with Gasteiger partial charge in [-0.05, 0) is 31.5 Å². The van der Waals surface area contributed by atoms with Crippen molar-refractivity contribution in [2.75, 3.05) is 19.6 Å². The summed E-state index contributed by atoms with van der Waals surface area (Å²) >= 11 is 0. The lowest BCUT2D eigenvalue weighted by Gasteiger charge is -2.14. The lowest BCUT2D eigenvalue weighted by Crippen LogP contribution is -3.12. The Morgan fingerprint density at radius 3 is 2.35 bits per heavy atom. The third-order valence-electron chi connectivity index (χ3n) is 4.70. The molecule has 3 rings (SSSR count). The largest absolute Gasteiger partial charge is 0.332 e.